The third-order valence-electron chi connectivity index (χ3n) is 2.52. The van der Waals surface area contributed by atoms with E-state index in [4.69, 9.17) is 9.15 Å². The van der Waals surface area contributed by atoms with Crippen molar-refractivity contribution in [3.63, 3.8) is 0 Å². The Labute approximate surface area is 108 Å². The van der Waals surface area contributed by atoms with Crippen LogP contribution < -0.4 is 4.74 Å². The molecule has 1 heterocycles. The highest BCUT2D eigenvalue weighted by atomic mass is 16.6. The van der Waals surface area contributed by atoms with Crippen LogP contribution in [0.1, 0.15) is 21.7 Å². The fourth-order valence-corrected chi connectivity index (χ4v) is 1.75. The molecule has 0 aliphatic heterocycles. The minimum atomic E-state index is -0.515. The highest BCUT2D eigenvalue weighted by Crippen LogP contribution is 2.36. The predicted molar refractivity (Wildman–Crippen MR) is 66.7 cm³/mol. The van der Waals surface area contributed by atoms with Gasteiger partial charge in [-0.05, 0) is 31.0 Å². The molecule has 0 aliphatic rings. The van der Waals surface area contributed by atoms with Crippen LogP contribution in [0.4, 0.5) is 5.69 Å². The van der Waals surface area contributed by atoms with Crippen LogP contribution in [0.2, 0.25) is 0 Å². The highest BCUT2D eigenvalue weighted by Gasteiger charge is 2.20. The number of hydrogen-bond donors (Lipinski definition) is 0. The van der Waals surface area contributed by atoms with E-state index in [1.54, 1.807) is 19.9 Å². The largest absolute Gasteiger partial charge is 0.422 e. The summed E-state index contributed by atoms with van der Waals surface area (Å²) >= 11 is 0. The summed E-state index contributed by atoms with van der Waals surface area (Å²) in [5, 5.41) is 11.0. The molecule has 0 spiro atoms. The van der Waals surface area contributed by atoms with Gasteiger partial charge in [-0.3, -0.25) is 14.9 Å². The number of aryl methyl sites for hydroxylation is 2. The normalized spacial score (nSPS) is 10.2. The molecule has 1 aromatic carbocycles. The second-order valence-electron chi connectivity index (χ2n) is 4.06. The molecule has 2 rings (SSSR count). The molecular weight excluding hydrogens is 250 g/mol. The summed E-state index contributed by atoms with van der Waals surface area (Å²) in [5.41, 5.74) is 1.25. The number of carbonyl (C=O) groups excluding carboxylic acids is 1. The number of nitro benzene ring substituents is 1. The Kier molecular flexibility index (Phi) is 3.33. The number of benzene rings is 1. The van der Waals surface area contributed by atoms with E-state index in [1.807, 2.05) is 0 Å². The number of nitro groups is 1. The lowest BCUT2D eigenvalue weighted by Gasteiger charge is -2.07. The predicted octanol–water partition coefficient (Wildman–Crippen LogP) is 3.41. The highest BCUT2D eigenvalue weighted by molar-refractivity contribution is 5.70. The van der Waals surface area contributed by atoms with Gasteiger partial charge in [0.15, 0.2) is 12.0 Å². The van der Waals surface area contributed by atoms with Crippen LogP contribution in [0, 0.1) is 24.0 Å². The van der Waals surface area contributed by atoms with Gasteiger partial charge in [0.05, 0.1) is 4.92 Å². The minimum absolute atomic E-state index is 0.0390. The first-order valence-corrected chi connectivity index (χ1v) is 5.50. The van der Waals surface area contributed by atoms with E-state index >= 15 is 0 Å². The Bertz CT molecular complexity index is 644. The number of carbonyl (C=O) groups is 1. The molecule has 19 heavy (non-hydrogen) atoms. The summed E-state index contributed by atoms with van der Waals surface area (Å²) in [6.45, 7) is 3.47. The van der Waals surface area contributed by atoms with Crippen LogP contribution in [0.3, 0.4) is 0 Å². The van der Waals surface area contributed by atoms with Gasteiger partial charge in [0, 0.05) is 12.1 Å². The van der Waals surface area contributed by atoms with E-state index in [2.05, 4.69) is 0 Å². The Morgan fingerprint density at radius 1 is 1.32 bits per heavy atom. The molecule has 98 valence electrons. The van der Waals surface area contributed by atoms with E-state index in [1.165, 1.54) is 18.2 Å². The molecule has 0 N–H and O–H groups in total. The van der Waals surface area contributed by atoms with E-state index in [-0.39, 0.29) is 23.1 Å². The van der Waals surface area contributed by atoms with Crippen LogP contribution in [-0.4, -0.2) is 11.2 Å². The van der Waals surface area contributed by atoms with Gasteiger partial charge in [0.25, 0.3) is 5.95 Å². The van der Waals surface area contributed by atoms with Crippen molar-refractivity contribution in [2.75, 3.05) is 0 Å². The number of aldehydes is 1. The topological polar surface area (TPSA) is 82.6 Å². The number of hydrogen-bond acceptors (Lipinski definition) is 5. The number of furan rings is 1. The summed E-state index contributed by atoms with van der Waals surface area (Å²) in [6.07, 6.45) is 0.531. The van der Waals surface area contributed by atoms with Crippen molar-refractivity contribution in [2.45, 2.75) is 13.8 Å². The molecule has 0 saturated heterocycles. The molecule has 0 radical (unpaired) electrons. The Morgan fingerprint density at radius 3 is 2.63 bits per heavy atom. The average molecular weight is 261 g/mol. The van der Waals surface area contributed by atoms with Crippen LogP contribution in [-0.2, 0) is 0 Å². The maximum absolute atomic E-state index is 11.0. The monoisotopic (exact) mass is 261 g/mol. The number of nitrogens with zero attached hydrogens (tertiary/aromatic N) is 1. The van der Waals surface area contributed by atoms with Crippen LogP contribution >= 0.6 is 0 Å². The molecule has 0 unspecified atom stereocenters. The molecule has 0 fully saturated rings. The van der Waals surface area contributed by atoms with Gasteiger partial charge in [-0.1, -0.05) is 6.07 Å². The molecule has 0 bridgehead atoms. The van der Waals surface area contributed by atoms with Gasteiger partial charge in [-0.15, -0.1) is 0 Å². The SMILES string of the molecule is Cc1cc(C)c(Oc2ccc(C=O)o2)c([N+](=O)[O-])c1. The molecule has 1 aromatic heterocycles. The Morgan fingerprint density at radius 2 is 2.05 bits per heavy atom. The standard InChI is InChI=1S/C13H11NO5/c1-8-5-9(2)13(11(6-8)14(16)17)19-12-4-3-10(7-15)18-12/h3-7H,1-2H3. The maximum Gasteiger partial charge on any atom is 0.312 e. The smallest absolute Gasteiger partial charge is 0.312 e. The van der Waals surface area contributed by atoms with Gasteiger partial charge >= 0.3 is 5.69 Å². The second kappa shape index (κ2) is 4.93. The third-order valence-corrected chi connectivity index (χ3v) is 2.52. The summed E-state index contributed by atoms with van der Waals surface area (Å²) in [7, 11) is 0. The quantitative estimate of drug-likeness (QED) is 0.478. The van der Waals surface area contributed by atoms with Crippen molar-refractivity contribution in [3.05, 3.63) is 51.3 Å². The number of rotatable bonds is 4. The Balaban J connectivity index is 2.43. The average Bonchev–Trinajstić information content (AvgIpc) is 2.79. The molecule has 6 heteroatoms. The first-order chi connectivity index (χ1) is 9.01. The van der Waals surface area contributed by atoms with Gasteiger partial charge < -0.3 is 9.15 Å². The number of ether oxygens (including phenoxy) is 1. The lowest BCUT2D eigenvalue weighted by Crippen LogP contribution is -1.96. The lowest BCUT2D eigenvalue weighted by molar-refractivity contribution is -0.385. The fourth-order valence-electron chi connectivity index (χ4n) is 1.75. The summed E-state index contributed by atoms with van der Waals surface area (Å²) < 4.78 is 10.4. The van der Waals surface area contributed by atoms with E-state index < -0.39 is 4.92 Å². The van der Waals surface area contributed by atoms with Gasteiger partial charge in [0.1, 0.15) is 0 Å². The van der Waals surface area contributed by atoms with Crippen LogP contribution in [0.15, 0.2) is 28.7 Å². The molecule has 2 aromatic rings. The van der Waals surface area contributed by atoms with Gasteiger partial charge in [0.2, 0.25) is 5.75 Å². The molecule has 6 nitrogen and oxygen atoms in total. The molecule has 0 aliphatic carbocycles. The first kappa shape index (κ1) is 12.8. The zero-order valence-electron chi connectivity index (χ0n) is 10.4. The Hall–Kier alpha value is -2.63. The zero-order chi connectivity index (χ0) is 14.0. The van der Waals surface area contributed by atoms with Crippen molar-refractivity contribution < 1.29 is 18.9 Å². The minimum Gasteiger partial charge on any atom is -0.422 e. The van der Waals surface area contributed by atoms with Crippen molar-refractivity contribution in [1.29, 1.82) is 0 Å². The van der Waals surface area contributed by atoms with Crippen LogP contribution in [0.25, 0.3) is 0 Å². The van der Waals surface area contributed by atoms with E-state index in [0.717, 1.165) is 5.56 Å². The van der Waals surface area contributed by atoms with Gasteiger partial charge in [-0.25, -0.2) is 0 Å². The third kappa shape index (κ3) is 2.62. The molecular formula is C13H11NO5. The van der Waals surface area contributed by atoms with Crippen molar-refractivity contribution >= 4 is 12.0 Å². The summed E-state index contributed by atoms with van der Waals surface area (Å²) in [5.74, 6) is 0.252. The molecule has 0 atom stereocenters. The maximum atomic E-state index is 11.0. The van der Waals surface area contributed by atoms with Crippen molar-refractivity contribution in [2.24, 2.45) is 0 Å². The van der Waals surface area contributed by atoms with E-state index in [0.29, 0.717) is 11.8 Å². The fraction of sp³-hybridized carbons (Fsp3) is 0.154. The van der Waals surface area contributed by atoms with Crippen LogP contribution in [0.5, 0.6) is 11.7 Å². The molecule has 0 saturated carbocycles. The van der Waals surface area contributed by atoms with Crippen molar-refractivity contribution in [3.8, 4) is 11.7 Å². The first-order valence-electron chi connectivity index (χ1n) is 5.50. The van der Waals surface area contributed by atoms with E-state index in [9.17, 15) is 14.9 Å². The summed E-state index contributed by atoms with van der Waals surface area (Å²) in [4.78, 5) is 21.0. The second-order valence-corrected chi connectivity index (χ2v) is 4.06. The summed E-state index contributed by atoms with van der Waals surface area (Å²) in [6, 6.07) is 6.06. The lowest BCUT2D eigenvalue weighted by atomic mass is 10.1. The van der Waals surface area contributed by atoms with Gasteiger partial charge in [-0.2, -0.15) is 0 Å². The molecule has 0 amide bonds. The zero-order valence-corrected chi connectivity index (χ0v) is 10.4. The van der Waals surface area contributed by atoms with Crippen molar-refractivity contribution in [1.82, 2.24) is 0 Å².